The monoisotopic (exact) mass is 729 g/mol. The predicted octanol–water partition coefficient (Wildman–Crippen LogP) is 4.77. The van der Waals surface area contributed by atoms with E-state index in [9.17, 15) is 19.2 Å². The van der Waals surface area contributed by atoms with Crippen LogP contribution in [0.1, 0.15) is 51.2 Å². The number of para-hydroxylation sites is 1. The molecule has 0 aliphatic heterocycles. The summed E-state index contributed by atoms with van der Waals surface area (Å²) in [5.74, 6) is -0.854. The number of nitrogens with one attached hydrogen (secondary N) is 4. The number of aromatic nitrogens is 1. The number of hydrogen-bond acceptors (Lipinski definition) is 8. The second-order valence-electron chi connectivity index (χ2n) is 12.6. The third-order valence-corrected chi connectivity index (χ3v) is 8.71. The normalized spacial score (nSPS) is 12.4. The Kier molecular flexibility index (Phi) is 15.8. The van der Waals surface area contributed by atoms with Crippen molar-refractivity contribution in [2.75, 3.05) is 33.4 Å². The highest BCUT2D eigenvalue weighted by atomic mass is 16.7. The zero-order chi connectivity index (χ0) is 38.2. The first kappa shape index (κ1) is 40.5. The molecule has 284 valence electrons. The molecule has 0 aliphatic rings. The van der Waals surface area contributed by atoms with Crippen LogP contribution in [0.25, 0.3) is 21.7 Å². The number of likely N-dealkylation sites (N-methyl/N-ethyl adjacent to an activating group) is 1. The number of rotatable bonds is 20. The first-order valence-electron chi connectivity index (χ1n) is 18.0. The largest absolute Gasteiger partial charge is 0.465 e. The van der Waals surface area contributed by atoms with Crippen LogP contribution in [0, 0.1) is 0 Å². The molecule has 0 saturated heterocycles. The number of carbonyl (C=O) groups excluding carboxylic acids is 3. The number of hydrazine groups is 1. The summed E-state index contributed by atoms with van der Waals surface area (Å²) >= 11 is 0. The molecule has 5 N–H and O–H groups in total. The fourth-order valence-electron chi connectivity index (χ4n) is 6.16. The number of hydrogen-bond donors (Lipinski definition) is 5. The highest BCUT2D eigenvalue weighted by Crippen LogP contribution is 2.23. The Morgan fingerprint density at radius 2 is 1.53 bits per heavy atom. The van der Waals surface area contributed by atoms with Crippen LogP contribution < -0.4 is 21.4 Å². The second kappa shape index (κ2) is 20.7. The topological polar surface area (TPSA) is 174 Å². The average Bonchev–Trinajstić information content (AvgIpc) is 3.14. The molecule has 4 rings (SSSR count). The van der Waals surface area contributed by atoms with Crippen molar-refractivity contribution in [2.24, 2.45) is 0 Å². The minimum absolute atomic E-state index is 0.163. The lowest BCUT2D eigenvalue weighted by molar-refractivity contribution is -0.179. The standard InChI is InChI=1S/C39H51N7O7/c1-5-52-37(53-6-2)27(3)46(25-31-18-12-16-29-19-13-23-40-35(29)31)36(48)33(21-9-10-22-41-39(50)51)43-34(47)26-45(4)44-38(49)42-24-30-17-11-15-28-14-7-8-20-32(28)30/h7-8,11-20,23,27,33,37,41H,5-6,9-10,21-22,24-26H2,1-4H3,(H,43,47)(H,50,51)(H2,42,44,49)/t27-,33-/m0/s1. The van der Waals surface area contributed by atoms with Gasteiger partial charge >= 0.3 is 12.1 Å². The highest BCUT2D eigenvalue weighted by Gasteiger charge is 2.34. The Hall–Kier alpha value is -5.31. The number of carbonyl (C=O) groups is 4. The molecule has 14 heteroatoms. The number of unbranched alkanes of at least 4 members (excludes halogenated alkanes) is 1. The van der Waals surface area contributed by atoms with Crippen LogP contribution in [-0.2, 0) is 32.2 Å². The number of pyridine rings is 1. The second-order valence-corrected chi connectivity index (χ2v) is 12.6. The van der Waals surface area contributed by atoms with E-state index in [0.29, 0.717) is 26.1 Å². The number of nitrogens with zero attached hydrogens (tertiary/aromatic N) is 3. The molecule has 53 heavy (non-hydrogen) atoms. The van der Waals surface area contributed by atoms with Gasteiger partial charge in [-0.1, -0.05) is 66.7 Å². The fourth-order valence-corrected chi connectivity index (χ4v) is 6.16. The van der Waals surface area contributed by atoms with Gasteiger partial charge in [-0.25, -0.2) is 14.6 Å². The third-order valence-electron chi connectivity index (χ3n) is 8.71. The number of carboxylic acid groups (broad SMARTS) is 1. The molecule has 14 nitrogen and oxygen atoms in total. The SMILES string of the molecule is CCOC(OCC)[C@H](C)N(Cc1cccc2cccnc12)C(=O)[C@H](CCCCNC(=O)O)NC(=O)CN(C)NC(=O)NCc1cccc2ccccc12. The van der Waals surface area contributed by atoms with Gasteiger partial charge in [0.2, 0.25) is 11.8 Å². The summed E-state index contributed by atoms with van der Waals surface area (Å²) in [6.07, 6.45) is 0.959. The van der Waals surface area contributed by atoms with Crippen LogP contribution in [0.15, 0.2) is 79.0 Å². The molecule has 0 fully saturated rings. The third kappa shape index (κ3) is 12.1. The molecule has 0 aliphatic carbocycles. The molecule has 5 amide bonds. The molecule has 3 aromatic carbocycles. The van der Waals surface area contributed by atoms with Crippen LogP contribution in [0.2, 0.25) is 0 Å². The van der Waals surface area contributed by atoms with Gasteiger partial charge in [-0.15, -0.1) is 0 Å². The molecule has 2 atom stereocenters. The van der Waals surface area contributed by atoms with E-state index >= 15 is 0 Å². The number of urea groups is 1. The van der Waals surface area contributed by atoms with Crippen molar-refractivity contribution in [1.82, 2.24) is 36.3 Å². The minimum atomic E-state index is -1.13. The van der Waals surface area contributed by atoms with E-state index in [-0.39, 0.29) is 38.5 Å². The van der Waals surface area contributed by atoms with Crippen LogP contribution >= 0.6 is 0 Å². The highest BCUT2D eigenvalue weighted by molar-refractivity contribution is 5.89. The molecule has 1 aromatic heterocycles. The Morgan fingerprint density at radius 3 is 2.26 bits per heavy atom. The molecule has 0 saturated carbocycles. The van der Waals surface area contributed by atoms with Gasteiger partial charge in [0.05, 0.1) is 18.1 Å². The molecule has 1 heterocycles. The molecule has 0 spiro atoms. The van der Waals surface area contributed by atoms with Gasteiger partial charge in [0.1, 0.15) is 6.04 Å². The summed E-state index contributed by atoms with van der Waals surface area (Å²) in [7, 11) is 1.56. The molecule has 0 radical (unpaired) electrons. The predicted molar refractivity (Wildman–Crippen MR) is 203 cm³/mol. The van der Waals surface area contributed by atoms with Crippen LogP contribution in [0.4, 0.5) is 9.59 Å². The summed E-state index contributed by atoms with van der Waals surface area (Å²) in [6, 6.07) is 21.3. The van der Waals surface area contributed by atoms with Crippen molar-refractivity contribution in [3.05, 3.63) is 90.1 Å². The summed E-state index contributed by atoms with van der Waals surface area (Å²) in [5.41, 5.74) is 5.17. The van der Waals surface area contributed by atoms with Gasteiger partial charge in [-0.2, -0.15) is 0 Å². The van der Waals surface area contributed by atoms with E-state index in [2.05, 4.69) is 26.4 Å². The Labute approximate surface area is 310 Å². The summed E-state index contributed by atoms with van der Waals surface area (Å²) in [5, 5.41) is 21.4. The number of fused-ring (bicyclic) bond motifs is 2. The summed E-state index contributed by atoms with van der Waals surface area (Å²) < 4.78 is 11.8. The fraction of sp³-hybridized carbons (Fsp3) is 0.410. The van der Waals surface area contributed by atoms with E-state index in [1.165, 1.54) is 5.01 Å². The lowest BCUT2D eigenvalue weighted by Gasteiger charge is -2.37. The molecule has 4 aromatic rings. The number of amides is 5. The Balaban J connectivity index is 1.49. The molecular weight excluding hydrogens is 678 g/mol. The zero-order valence-electron chi connectivity index (χ0n) is 30.8. The summed E-state index contributed by atoms with van der Waals surface area (Å²) in [6.45, 7) is 6.66. The quantitative estimate of drug-likeness (QED) is 0.0488. The molecular formula is C39H51N7O7. The van der Waals surface area contributed by atoms with Crippen molar-refractivity contribution in [3.63, 3.8) is 0 Å². The van der Waals surface area contributed by atoms with Gasteiger partial charge in [-0.05, 0) is 68.0 Å². The zero-order valence-corrected chi connectivity index (χ0v) is 30.8. The van der Waals surface area contributed by atoms with Gasteiger partial charge < -0.3 is 35.4 Å². The van der Waals surface area contributed by atoms with Crippen molar-refractivity contribution >= 4 is 45.6 Å². The van der Waals surface area contributed by atoms with Crippen molar-refractivity contribution < 1.29 is 33.8 Å². The molecule has 0 bridgehead atoms. The van der Waals surface area contributed by atoms with E-state index in [4.69, 9.17) is 14.6 Å². The van der Waals surface area contributed by atoms with Gasteiger partial charge in [0.25, 0.3) is 0 Å². The van der Waals surface area contributed by atoms with Crippen LogP contribution in [0.5, 0.6) is 0 Å². The van der Waals surface area contributed by atoms with Crippen LogP contribution in [-0.4, -0.2) is 95.7 Å². The van der Waals surface area contributed by atoms with Crippen molar-refractivity contribution in [2.45, 2.75) is 71.5 Å². The van der Waals surface area contributed by atoms with E-state index in [1.54, 1.807) is 18.1 Å². The maximum Gasteiger partial charge on any atom is 0.404 e. The van der Waals surface area contributed by atoms with Crippen molar-refractivity contribution in [1.29, 1.82) is 0 Å². The van der Waals surface area contributed by atoms with E-state index in [0.717, 1.165) is 32.8 Å². The van der Waals surface area contributed by atoms with E-state index in [1.807, 2.05) is 93.6 Å². The smallest absolute Gasteiger partial charge is 0.404 e. The maximum atomic E-state index is 14.6. The Morgan fingerprint density at radius 1 is 0.849 bits per heavy atom. The van der Waals surface area contributed by atoms with Crippen LogP contribution in [0.3, 0.4) is 0 Å². The number of benzene rings is 3. The first-order chi connectivity index (χ1) is 25.6. The lowest BCUT2D eigenvalue weighted by atomic mass is 10.0. The average molecular weight is 730 g/mol. The van der Waals surface area contributed by atoms with E-state index < -0.39 is 36.4 Å². The van der Waals surface area contributed by atoms with Gasteiger partial charge in [0, 0.05) is 51.5 Å². The minimum Gasteiger partial charge on any atom is -0.465 e. The number of ether oxygens (including phenoxy) is 2. The summed E-state index contributed by atoms with van der Waals surface area (Å²) in [4.78, 5) is 58.1. The van der Waals surface area contributed by atoms with Gasteiger partial charge in [-0.3, -0.25) is 20.0 Å². The lowest BCUT2D eigenvalue weighted by Crippen LogP contribution is -2.56. The van der Waals surface area contributed by atoms with Crippen molar-refractivity contribution in [3.8, 4) is 0 Å². The first-order valence-corrected chi connectivity index (χ1v) is 18.0. The molecule has 0 unspecified atom stereocenters. The van der Waals surface area contributed by atoms with Gasteiger partial charge in [0.15, 0.2) is 6.29 Å². The maximum absolute atomic E-state index is 14.6. The Bertz CT molecular complexity index is 1810.